The third kappa shape index (κ3) is 4.14. The molecule has 0 radical (unpaired) electrons. The molecule has 2 aromatic rings. The Morgan fingerprint density at radius 1 is 1.19 bits per heavy atom. The normalized spacial score (nSPS) is 22.0. The molecule has 2 aliphatic rings. The van der Waals surface area contributed by atoms with Crippen LogP contribution in [0.2, 0.25) is 0 Å². The summed E-state index contributed by atoms with van der Waals surface area (Å²) in [5.41, 5.74) is 1.66. The van der Waals surface area contributed by atoms with E-state index in [-0.39, 0.29) is 12.1 Å². The number of amides is 2. The second-order valence-corrected chi connectivity index (χ2v) is 7.23. The molecule has 0 spiro atoms. The number of nitrogens with one attached hydrogen (secondary N) is 1. The molecule has 0 bridgehead atoms. The van der Waals surface area contributed by atoms with Crippen molar-refractivity contribution in [2.24, 2.45) is 0 Å². The van der Waals surface area contributed by atoms with Gasteiger partial charge in [-0.2, -0.15) is 0 Å². The smallest absolute Gasteiger partial charge is 0.322 e. The van der Waals surface area contributed by atoms with Gasteiger partial charge in [0.1, 0.15) is 6.26 Å². The zero-order valence-corrected chi connectivity index (χ0v) is 15.6. The van der Waals surface area contributed by atoms with Crippen LogP contribution in [-0.2, 0) is 4.74 Å². The average molecular weight is 370 g/mol. The third-order valence-corrected chi connectivity index (χ3v) is 5.44. The quantitative estimate of drug-likeness (QED) is 0.899. The first kappa shape index (κ1) is 18.0. The van der Waals surface area contributed by atoms with Gasteiger partial charge in [0.2, 0.25) is 5.89 Å². The van der Waals surface area contributed by atoms with E-state index in [0.717, 1.165) is 56.9 Å². The molecule has 27 heavy (non-hydrogen) atoms. The van der Waals surface area contributed by atoms with Crippen molar-refractivity contribution in [1.29, 1.82) is 0 Å². The number of carbonyl (C=O) groups is 1. The van der Waals surface area contributed by atoms with E-state index >= 15 is 0 Å². The Morgan fingerprint density at radius 2 is 1.96 bits per heavy atom. The highest BCUT2D eigenvalue weighted by atomic mass is 16.5. The molecule has 1 atom stereocenters. The molecule has 2 fully saturated rings. The lowest BCUT2D eigenvalue weighted by Crippen LogP contribution is -2.58. The minimum absolute atomic E-state index is 0.0435. The van der Waals surface area contributed by atoms with Gasteiger partial charge in [-0.3, -0.25) is 4.90 Å². The molecular formula is C20H26N4O3. The largest absolute Gasteiger partial charge is 0.445 e. The molecule has 0 unspecified atom stereocenters. The Kier molecular flexibility index (Phi) is 5.40. The molecule has 4 rings (SSSR count). The Labute approximate surface area is 159 Å². The van der Waals surface area contributed by atoms with E-state index in [1.54, 1.807) is 12.5 Å². The van der Waals surface area contributed by atoms with Crippen molar-refractivity contribution in [2.45, 2.75) is 31.8 Å². The average Bonchev–Trinajstić information content (AvgIpc) is 3.24. The van der Waals surface area contributed by atoms with Gasteiger partial charge in [-0.05, 0) is 44.0 Å². The number of oxazole rings is 1. The molecule has 2 saturated heterocycles. The van der Waals surface area contributed by atoms with Gasteiger partial charge in [-0.1, -0.05) is 0 Å². The number of piperazine rings is 1. The van der Waals surface area contributed by atoms with Crippen LogP contribution in [0.1, 0.15) is 19.8 Å². The van der Waals surface area contributed by atoms with Crippen molar-refractivity contribution in [1.82, 2.24) is 14.8 Å². The maximum Gasteiger partial charge on any atom is 0.322 e. The number of urea groups is 1. The number of aromatic nitrogens is 1. The van der Waals surface area contributed by atoms with Gasteiger partial charge in [-0.25, -0.2) is 9.78 Å². The molecule has 1 aromatic heterocycles. The van der Waals surface area contributed by atoms with E-state index in [0.29, 0.717) is 11.9 Å². The summed E-state index contributed by atoms with van der Waals surface area (Å²) >= 11 is 0. The minimum Gasteiger partial charge on any atom is -0.445 e. The molecular weight excluding hydrogens is 344 g/mol. The second kappa shape index (κ2) is 8.10. The van der Waals surface area contributed by atoms with Gasteiger partial charge in [0, 0.05) is 56.2 Å². The van der Waals surface area contributed by atoms with Crippen molar-refractivity contribution < 1.29 is 13.9 Å². The summed E-state index contributed by atoms with van der Waals surface area (Å²) in [6, 6.07) is 8.28. The van der Waals surface area contributed by atoms with Crippen molar-refractivity contribution in [3.8, 4) is 11.5 Å². The van der Waals surface area contributed by atoms with Gasteiger partial charge in [0.15, 0.2) is 0 Å². The van der Waals surface area contributed by atoms with Crippen LogP contribution < -0.4 is 5.32 Å². The summed E-state index contributed by atoms with van der Waals surface area (Å²) in [5, 5.41) is 3.01. The molecule has 1 aromatic carbocycles. The minimum atomic E-state index is -0.0435. The van der Waals surface area contributed by atoms with Crippen LogP contribution in [0.3, 0.4) is 0 Å². The van der Waals surface area contributed by atoms with E-state index in [4.69, 9.17) is 9.15 Å². The lowest BCUT2D eigenvalue weighted by atomic mass is 10.0. The number of anilines is 1. The number of carbonyl (C=O) groups excluding carboxylic acids is 1. The summed E-state index contributed by atoms with van der Waals surface area (Å²) in [6.07, 6.45) is 5.35. The monoisotopic (exact) mass is 370 g/mol. The number of ether oxygens (including phenoxy) is 1. The Balaban J connectivity index is 1.33. The molecule has 7 heteroatoms. The number of hydrogen-bond donors (Lipinski definition) is 1. The lowest BCUT2D eigenvalue weighted by Gasteiger charge is -2.44. The van der Waals surface area contributed by atoms with Crippen LogP contribution in [0.5, 0.6) is 0 Å². The topological polar surface area (TPSA) is 70.8 Å². The molecule has 0 aliphatic carbocycles. The zero-order valence-electron chi connectivity index (χ0n) is 15.6. The maximum atomic E-state index is 12.7. The number of nitrogens with zero attached hydrogens (tertiary/aromatic N) is 3. The molecule has 1 N–H and O–H groups in total. The van der Waals surface area contributed by atoms with Gasteiger partial charge in [0.05, 0.1) is 6.20 Å². The van der Waals surface area contributed by atoms with Crippen molar-refractivity contribution in [3.05, 3.63) is 36.7 Å². The molecule has 2 aliphatic heterocycles. The first-order valence-corrected chi connectivity index (χ1v) is 9.60. The van der Waals surface area contributed by atoms with Crippen molar-refractivity contribution in [3.63, 3.8) is 0 Å². The standard InChI is InChI=1S/C20H26N4O3/c1-15-14-23(18-6-11-26-12-7-18)9-10-24(15)20(25)22-17-4-2-16(3-5-17)19-21-8-13-27-19/h2-5,8,13,15,18H,6-7,9-12,14H2,1H3,(H,22,25)/t15-/m1/s1. The summed E-state index contributed by atoms with van der Waals surface area (Å²) in [4.78, 5) is 21.3. The fourth-order valence-corrected chi connectivity index (χ4v) is 3.93. The Bertz CT molecular complexity index is 741. The van der Waals surface area contributed by atoms with Crippen LogP contribution in [-0.4, -0.2) is 65.7 Å². The zero-order chi connectivity index (χ0) is 18.6. The summed E-state index contributed by atoms with van der Waals surface area (Å²) < 4.78 is 10.8. The fraction of sp³-hybridized carbons (Fsp3) is 0.500. The third-order valence-electron chi connectivity index (χ3n) is 5.44. The van der Waals surface area contributed by atoms with E-state index in [1.807, 2.05) is 29.2 Å². The molecule has 3 heterocycles. The highest BCUT2D eigenvalue weighted by molar-refractivity contribution is 5.89. The van der Waals surface area contributed by atoms with Gasteiger partial charge in [-0.15, -0.1) is 0 Å². The van der Waals surface area contributed by atoms with E-state index in [1.165, 1.54) is 0 Å². The van der Waals surface area contributed by atoms with E-state index in [2.05, 4.69) is 22.1 Å². The highest BCUT2D eigenvalue weighted by Gasteiger charge is 2.31. The summed E-state index contributed by atoms with van der Waals surface area (Å²) in [6.45, 7) is 6.41. The Hall–Kier alpha value is -2.38. The fourth-order valence-electron chi connectivity index (χ4n) is 3.93. The SMILES string of the molecule is C[C@@H]1CN(C2CCOCC2)CCN1C(=O)Nc1ccc(-c2ncco2)cc1. The first-order valence-electron chi connectivity index (χ1n) is 9.60. The highest BCUT2D eigenvalue weighted by Crippen LogP contribution is 2.22. The summed E-state index contributed by atoms with van der Waals surface area (Å²) in [5.74, 6) is 0.575. The predicted molar refractivity (Wildman–Crippen MR) is 103 cm³/mol. The number of hydrogen-bond acceptors (Lipinski definition) is 5. The number of benzene rings is 1. The van der Waals surface area contributed by atoms with Crippen molar-refractivity contribution >= 4 is 11.7 Å². The van der Waals surface area contributed by atoms with Crippen LogP contribution in [0.25, 0.3) is 11.5 Å². The van der Waals surface area contributed by atoms with E-state index < -0.39 is 0 Å². The summed E-state index contributed by atoms with van der Waals surface area (Å²) in [7, 11) is 0. The lowest BCUT2D eigenvalue weighted by molar-refractivity contribution is 0.00816. The van der Waals surface area contributed by atoms with Crippen LogP contribution in [0, 0.1) is 0 Å². The van der Waals surface area contributed by atoms with Gasteiger partial charge in [0.25, 0.3) is 0 Å². The van der Waals surface area contributed by atoms with E-state index in [9.17, 15) is 4.79 Å². The molecule has 2 amide bonds. The Morgan fingerprint density at radius 3 is 2.63 bits per heavy atom. The molecule has 144 valence electrons. The van der Waals surface area contributed by atoms with Crippen molar-refractivity contribution in [2.75, 3.05) is 38.2 Å². The first-order chi connectivity index (χ1) is 13.2. The predicted octanol–water partition coefficient (Wildman–Crippen LogP) is 3.06. The van der Waals surface area contributed by atoms with Gasteiger partial charge >= 0.3 is 6.03 Å². The number of rotatable bonds is 3. The van der Waals surface area contributed by atoms with Crippen LogP contribution >= 0.6 is 0 Å². The van der Waals surface area contributed by atoms with Crippen LogP contribution in [0.15, 0.2) is 41.1 Å². The second-order valence-electron chi connectivity index (χ2n) is 7.23. The van der Waals surface area contributed by atoms with Gasteiger partial charge < -0.3 is 19.4 Å². The maximum absolute atomic E-state index is 12.7. The molecule has 7 nitrogen and oxygen atoms in total. The van der Waals surface area contributed by atoms with Crippen LogP contribution in [0.4, 0.5) is 10.5 Å². The molecule has 0 saturated carbocycles.